The van der Waals surface area contributed by atoms with Gasteiger partial charge in [0.25, 0.3) is 0 Å². The fourth-order valence-corrected chi connectivity index (χ4v) is 4.89. The van der Waals surface area contributed by atoms with E-state index in [1.807, 2.05) is 12.3 Å². The van der Waals surface area contributed by atoms with Crippen LogP contribution in [0.1, 0.15) is 37.4 Å². The number of fused-ring (bicyclic) bond motifs is 1. The molecule has 1 atom stereocenters. The molecule has 2 aromatic rings. The summed E-state index contributed by atoms with van der Waals surface area (Å²) < 4.78 is 2.40. The summed E-state index contributed by atoms with van der Waals surface area (Å²) in [7, 11) is 0. The number of pyridine rings is 1. The molecule has 0 aromatic carbocycles. The fraction of sp³-hybridized carbons (Fsp3) is 0.647. The molecule has 2 aliphatic rings. The molecule has 118 valence electrons. The van der Waals surface area contributed by atoms with Crippen molar-refractivity contribution >= 4 is 22.9 Å². The highest BCUT2D eigenvalue weighted by Crippen LogP contribution is 2.33. The van der Waals surface area contributed by atoms with Crippen molar-refractivity contribution in [3.63, 3.8) is 0 Å². The summed E-state index contributed by atoms with van der Waals surface area (Å²) >= 11 is 2.06. The molecule has 4 heterocycles. The van der Waals surface area contributed by atoms with Crippen LogP contribution in [0.15, 0.2) is 18.3 Å². The van der Waals surface area contributed by atoms with Gasteiger partial charge in [-0.15, -0.1) is 0 Å². The molecule has 0 N–H and O–H groups in total. The average molecular weight is 316 g/mol. The Kier molecular flexibility index (Phi) is 4.35. The lowest BCUT2D eigenvalue weighted by Gasteiger charge is -2.27. The molecule has 4 rings (SSSR count). The van der Waals surface area contributed by atoms with Gasteiger partial charge in [0.1, 0.15) is 11.3 Å². The number of aromatic nitrogens is 3. The van der Waals surface area contributed by atoms with Gasteiger partial charge in [-0.25, -0.2) is 9.97 Å². The zero-order valence-electron chi connectivity index (χ0n) is 13.1. The Hall–Kier alpha value is -1.07. The van der Waals surface area contributed by atoms with Gasteiger partial charge in [-0.2, -0.15) is 11.8 Å². The number of thioether (sulfide) groups is 1. The highest BCUT2D eigenvalue weighted by atomic mass is 32.2. The molecule has 4 nitrogen and oxygen atoms in total. The Morgan fingerprint density at radius 3 is 2.91 bits per heavy atom. The number of imidazole rings is 1. The Bertz CT molecular complexity index is 627. The van der Waals surface area contributed by atoms with Crippen LogP contribution in [-0.2, 0) is 6.54 Å². The maximum atomic E-state index is 4.93. The molecular formula is C17H24N4S. The second-order valence-corrected chi connectivity index (χ2v) is 7.58. The van der Waals surface area contributed by atoms with Gasteiger partial charge in [-0.1, -0.05) is 6.42 Å². The second kappa shape index (κ2) is 6.59. The monoisotopic (exact) mass is 316 g/mol. The Morgan fingerprint density at radius 1 is 1.18 bits per heavy atom. The summed E-state index contributed by atoms with van der Waals surface area (Å²) in [6.07, 6.45) is 7.27. The molecular weight excluding hydrogens is 292 g/mol. The van der Waals surface area contributed by atoms with Gasteiger partial charge in [0, 0.05) is 31.0 Å². The van der Waals surface area contributed by atoms with Crippen LogP contribution in [0.3, 0.4) is 0 Å². The van der Waals surface area contributed by atoms with Gasteiger partial charge in [0.2, 0.25) is 0 Å². The van der Waals surface area contributed by atoms with Crippen molar-refractivity contribution in [3.8, 4) is 0 Å². The molecule has 2 fully saturated rings. The third-order valence-electron chi connectivity index (χ3n) is 4.92. The maximum Gasteiger partial charge on any atom is 0.160 e. The minimum absolute atomic E-state index is 0.612. The number of rotatable bonds is 4. The van der Waals surface area contributed by atoms with E-state index >= 15 is 0 Å². The van der Waals surface area contributed by atoms with E-state index in [1.54, 1.807) is 0 Å². The summed E-state index contributed by atoms with van der Waals surface area (Å²) in [4.78, 5) is 12.1. The first-order valence-corrected chi connectivity index (χ1v) is 9.68. The lowest BCUT2D eigenvalue weighted by Crippen LogP contribution is -2.33. The van der Waals surface area contributed by atoms with Crippen LogP contribution in [0.2, 0.25) is 0 Å². The largest absolute Gasteiger partial charge is 0.311 e. The van der Waals surface area contributed by atoms with Gasteiger partial charge >= 0.3 is 0 Å². The van der Waals surface area contributed by atoms with Gasteiger partial charge < -0.3 is 9.47 Å². The molecule has 0 saturated carbocycles. The third kappa shape index (κ3) is 2.88. The van der Waals surface area contributed by atoms with Crippen molar-refractivity contribution in [2.75, 3.05) is 31.1 Å². The van der Waals surface area contributed by atoms with E-state index in [4.69, 9.17) is 4.98 Å². The van der Waals surface area contributed by atoms with Crippen molar-refractivity contribution in [1.82, 2.24) is 19.4 Å². The predicted molar refractivity (Wildman–Crippen MR) is 92.5 cm³/mol. The Morgan fingerprint density at radius 2 is 2.09 bits per heavy atom. The van der Waals surface area contributed by atoms with E-state index in [0.717, 1.165) is 24.3 Å². The topological polar surface area (TPSA) is 34.0 Å². The highest BCUT2D eigenvalue weighted by molar-refractivity contribution is 7.99. The van der Waals surface area contributed by atoms with Gasteiger partial charge in [0.15, 0.2) is 5.65 Å². The second-order valence-electron chi connectivity index (χ2n) is 6.43. The predicted octanol–water partition coefficient (Wildman–Crippen LogP) is 3.14. The Labute approximate surface area is 136 Å². The first-order chi connectivity index (χ1) is 10.9. The SMILES string of the molecule is c1cnc2c(c1)nc(C1CCSC1)n2CCN1CCCCC1. The molecule has 2 saturated heterocycles. The normalized spacial score (nSPS) is 23.4. The molecule has 0 radical (unpaired) electrons. The first kappa shape index (κ1) is 14.5. The van der Waals surface area contributed by atoms with E-state index < -0.39 is 0 Å². The van der Waals surface area contributed by atoms with Gasteiger partial charge in [-0.05, 0) is 50.2 Å². The highest BCUT2D eigenvalue weighted by Gasteiger charge is 2.24. The number of hydrogen-bond acceptors (Lipinski definition) is 4. The molecule has 0 bridgehead atoms. The van der Waals surface area contributed by atoms with Crippen LogP contribution in [0.25, 0.3) is 11.2 Å². The molecule has 22 heavy (non-hydrogen) atoms. The minimum atomic E-state index is 0.612. The summed E-state index contributed by atoms with van der Waals surface area (Å²) in [5.74, 6) is 4.37. The van der Waals surface area contributed by atoms with E-state index in [1.165, 1.54) is 56.1 Å². The number of nitrogens with zero attached hydrogens (tertiary/aromatic N) is 4. The molecule has 0 amide bonds. The zero-order chi connectivity index (χ0) is 14.8. The van der Waals surface area contributed by atoms with Crippen LogP contribution in [-0.4, -0.2) is 50.6 Å². The average Bonchev–Trinajstić information content (AvgIpc) is 3.21. The molecule has 2 aliphatic heterocycles. The minimum Gasteiger partial charge on any atom is -0.311 e. The summed E-state index contributed by atoms with van der Waals surface area (Å²) in [5, 5.41) is 0. The lowest BCUT2D eigenvalue weighted by atomic mass is 10.1. The van der Waals surface area contributed by atoms with Crippen LogP contribution in [0.5, 0.6) is 0 Å². The lowest BCUT2D eigenvalue weighted by molar-refractivity contribution is 0.220. The fourth-order valence-electron chi connectivity index (χ4n) is 3.67. The maximum absolute atomic E-state index is 4.93. The first-order valence-electron chi connectivity index (χ1n) is 8.53. The molecule has 1 unspecified atom stereocenters. The van der Waals surface area contributed by atoms with Crippen LogP contribution in [0, 0.1) is 0 Å². The standard InChI is InChI=1S/C17H24N4S/c1-2-8-20(9-3-1)10-11-21-16(14-6-12-22-13-14)19-15-5-4-7-18-17(15)21/h4-5,7,14H,1-3,6,8-13H2. The zero-order valence-corrected chi connectivity index (χ0v) is 13.9. The van der Waals surface area contributed by atoms with Crippen molar-refractivity contribution in [2.45, 2.75) is 38.1 Å². The molecule has 0 spiro atoms. The van der Waals surface area contributed by atoms with Crippen LogP contribution < -0.4 is 0 Å². The molecule has 2 aromatic heterocycles. The molecule has 0 aliphatic carbocycles. The van der Waals surface area contributed by atoms with Gasteiger partial charge in [0.05, 0.1) is 0 Å². The number of likely N-dealkylation sites (tertiary alicyclic amines) is 1. The van der Waals surface area contributed by atoms with E-state index in [2.05, 4.69) is 32.3 Å². The number of piperidine rings is 1. The van der Waals surface area contributed by atoms with Crippen LogP contribution in [0.4, 0.5) is 0 Å². The number of hydrogen-bond donors (Lipinski definition) is 0. The summed E-state index contributed by atoms with van der Waals surface area (Å²) in [6, 6.07) is 4.10. The van der Waals surface area contributed by atoms with Crippen molar-refractivity contribution < 1.29 is 0 Å². The van der Waals surface area contributed by atoms with E-state index in [-0.39, 0.29) is 0 Å². The van der Waals surface area contributed by atoms with E-state index in [0.29, 0.717) is 5.92 Å². The van der Waals surface area contributed by atoms with Crippen molar-refractivity contribution in [2.24, 2.45) is 0 Å². The van der Waals surface area contributed by atoms with Crippen molar-refractivity contribution in [3.05, 3.63) is 24.2 Å². The summed E-state index contributed by atoms with van der Waals surface area (Å²) in [6.45, 7) is 4.68. The molecule has 5 heteroatoms. The summed E-state index contributed by atoms with van der Waals surface area (Å²) in [5.41, 5.74) is 2.14. The van der Waals surface area contributed by atoms with E-state index in [9.17, 15) is 0 Å². The van der Waals surface area contributed by atoms with Crippen molar-refractivity contribution in [1.29, 1.82) is 0 Å². The van der Waals surface area contributed by atoms with Gasteiger partial charge in [-0.3, -0.25) is 0 Å². The van der Waals surface area contributed by atoms with Crippen LogP contribution >= 0.6 is 11.8 Å². The quantitative estimate of drug-likeness (QED) is 0.868. The Balaban J connectivity index is 1.60. The third-order valence-corrected chi connectivity index (χ3v) is 6.08. The smallest absolute Gasteiger partial charge is 0.160 e.